The predicted molar refractivity (Wildman–Crippen MR) is 49.5 cm³/mol. The minimum Gasteiger partial charge on any atom is -0.396 e. The van der Waals surface area contributed by atoms with E-state index in [-0.39, 0.29) is 6.61 Å². The number of thioether (sulfide) groups is 1. The highest BCUT2D eigenvalue weighted by molar-refractivity contribution is 7.99. The third-order valence-corrected chi connectivity index (χ3v) is 2.37. The first kappa shape index (κ1) is 9.77. The summed E-state index contributed by atoms with van der Waals surface area (Å²) in [6.45, 7) is 0.216. The van der Waals surface area contributed by atoms with Crippen LogP contribution in [0.1, 0.15) is 6.42 Å². The van der Waals surface area contributed by atoms with Gasteiger partial charge in [-0.3, -0.25) is 0 Å². The van der Waals surface area contributed by atoms with Crippen molar-refractivity contribution in [1.82, 2.24) is 10.2 Å². The highest BCUT2D eigenvalue weighted by Gasteiger charge is 1.95. The summed E-state index contributed by atoms with van der Waals surface area (Å²) in [6, 6.07) is 3.52. The molecule has 0 amide bonds. The first-order valence-corrected chi connectivity index (χ1v) is 4.92. The van der Waals surface area contributed by atoms with Gasteiger partial charge in [0.05, 0.1) is 0 Å². The maximum Gasteiger partial charge on any atom is 0.151 e. The fourth-order valence-electron chi connectivity index (χ4n) is 0.622. The van der Waals surface area contributed by atoms with Gasteiger partial charge in [-0.25, -0.2) is 0 Å². The van der Waals surface area contributed by atoms with Gasteiger partial charge in [-0.05, 0) is 18.6 Å². The summed E-state index contributed by atoms with van der Waals surface area (Å²) in [4.78, 5) is 0. The number of halogens is 1. The first-order chi connectivity index (χ1) is 5.83. The van der Waals surface area contributed by atoms with Crippen LogP contribution in [0.5, 0.6) is 0 Å². The third-order valence-electron chi connectivity index (χ3n) is 1.16. The molecule has 0 atom stereocenters. The Morgan fingerprint density at radius 2 is 2.25 bits per heavy atom. The van der Waals surface area contributed by atoms with Crippen molar-refractivity contribution in [1.29, 1.82) is 0 Å². The maximum absolute atomic E-state index is 8.52. The molecule has 1 aromatic rings. The fourth-order valence-corrected chi connectivity index (χ4v) is 1.47. The second-order valence-electron chi connectivity index (χ2n) is 2.12. The van der Waals surface area contributed by atoms with E-state index in [0.29, 0.717) is 5.15 Å². The topological polar surface area (TPSA) is 46.0 Å². The highest BCUT2D eigenvalue weighted by Crippen LogP contribution is 2.15. The van der Waals surface area contributed by atoms with Gasteiger partial charge in [-0.1, -0.05) is 11.6 Å². The molecule has 0 aliphatic carbocycles. The van der Waals surface area contributed by atoms with Crippen LogP contribution < -0.4 is 0 Å². The van der Waals surface area contributed by atoms with Crippen LogP contribution in [0, 0.1) is 0 Å². The Morgan fingerprint density at radius 3 is 2.83 bits per heavy atom. The van der Waals surface area contributed by atoms with Crippen molar-refractivity contribution in [2.24, 2.45) is 0 Å². The molecule has 0 aliphatic heterocycles. The van der Waals surface area contributed by atoms with E-state index in [1.807, 2.05) is 6.07 Å². The summed E-state index contributed by atoms with van der Waals surface area (Å²) in [5.41, 5.74) is 0. The SMILES string of the molecule is OCCCSc1ccc(Cl)nn1. The van der Waals surface area contributed by atoms with Gasteiger partial charge in [0.15, 0.2) is 5.15 Å². The Hall–Kier alpha value is -0.320. The molecule has 1 aromatic heterocycles. The van der Waals surface area contributed by atoms with E-state index in [9.17, 15) is 0 Å². The predicted octanol–water partition coefficient (Wildman–Crippen LogP) is 1.60. The zero-order valence-corrected chi connectivity index (χ0v) is 7.98. The summed E-state index contributed by atoms with van der Waals surface area (Å²) in [6.07, 6.45) is 0.773. The van der Waals surface area contributed by atoms with Gasteiger partial charge in [-0.2, -0.15) is 0 Å². The third kappa shape index (κ3) is 3.38. The number of hydrogen-bond acceptors (Lipinski definition) is 4. The molecule has 12 heavy (non-hydrogen) atoms. The summed E-state index contributed by atoms with van der Waals surface area (Å²) >= 11 is 7.11. The second kappa shape index (κ2) is 5.35. The van der Waals surface area contributed by atoms with Gasteiger partial charge < -0.3 is 5.11 Å². The molecule has 0 fully saturated rings. The second-order valence-corrected chi connectivity index (χ2v) is 3.62. The number of hydrogen-bond donors (Lipinski definition) is 1. The van der Waals surface area contributed by atoms with Crippen molar-refractivity contribution in [2.45, 2.75) is 11.4 Å². The molecule has 1 rings (SSSR count). The molecule has 0 saturated carbocycles. The lowest BCUT2D eigenvalue weighted by Gasteiger charge is -1.96. The molecule has 0 aliphatic rings. The summed E-state index contributed by atoms with van der Waals surface area (Å²) < 4.78 is 0. The molecule has 1 heterocycles. The molecule has 0 spiro atoms. The number of rotatable bonds is 4. The molecule has 1 N–H and O–H groups in total. The van der Waals surface area contributed by atoms with Crippen molar-refractivity contribution in [2.75, 3.05) is 12.4 Å². The van der Waals surface area contributed by atoms with Crippen LogP contribution in [0.15, 0.2) is 17.2 Å². The smallest absolute Gasteiger partial charge is 0.151 e. The molecule has 66 valence electrons. The molecule has 0 saturated heterocycles. The Labute approximate surface area is 80.2 Å². The monoisotopic (exact) mass is 204 g/mol. The van der Waals surface area contributed by atoms with Crippen molar-refractivity contribution in [3.05, 3.63) is 17.3 Å². The average molecular weight is 205 g/mol. The van der Waals surface area contributed by atoms with Gasteiger partial charge in [0, 0.05) is 12.4 Å². The highest BCUT2D eigenvalue weighted by atomic mass is 35.5. The van der Waals surface area contributed by atoms with E-state index in [0.717, 1.165) is 17.2 Å². The largest absolute Gasteiger partial charge is 0.396 e. The van der Waals surface area contributed by atoms with Gasteiger partial charge in [0.1, 0.15) is 5.03 Å². The van der Waals surface area contributed by atoms with Crippen LogP contribution >= 0.6 is 23.4 Å². The van der Waals surface area contributed by atoms with E-state index >= 15 is 0 Å². The lowest BCUT2D eigenvalue weighted by atomic mass is 10.5. The molecule has 0 bridgehead atoms. The van der Waals surface area contributed by atoms with Crippen molar-refractivity contribution < 1.29 is 5.11 Å². The average Bonchev–Trinajstić information content (AvgIpc) is 2.09. The van der Waals surface area contributed by atoms with Crippen LogP contribution in [0.2, 0.25) is 5.15 Å². The minimum atomic E-state index is 0.216. The van der Waals surface area contributed by atoms with Gasteiger partial charge >= 0.3 is 0 Å². The lowest BCUT2D eigenvalue weighted by molar-refractivity contribution is 0.296. The minimum absolute atomic E-state index is 0.216. The molecular weight excluding hydrogens is 196 g/mol. The number of nitrogens with zero attached hydrogens (tertiary/aromatic N) is 2. The van der Waals surface area contributed by atoms with E-state index < -0.39 is 0 Å². The maximum atomic E-state index is 8.52. The van der Waals surface area contributed by atoms with Crippen LogP contribution in [-0.4, -0.2) is 27.7 Å². The van der Waals surface area contributed by atoms with Crippen molar-refractivity contribution in [3.8, 4) is 0 Å². The van der Waals surface area contributed by atoms with Crippen molar-refractivity contribution >= 4 is 23.4 Å². The van der Waals surface area contributed by atoms with Crippen LogP contribution in [0.3, 0.4) is 0 Å². The zero-order chi connectivity index (χ0) is 8.81. The van der Waals surface area contributed by atoms with Crippen LogP contribution in [0.4, 0.5) is 0 Å². The van der Waals surface area contributed by atoms with E-state index in [4.69, 9.17) is 16.7 Å². The van der Waals surface area contributed by atoms with Crippen LogP contribution in [0.25, 0.3) is 0 Å². The van der Waals surface area contributed by atoms with Gasteiger partial charge in [0.2, 0.25) is 0 Å². The van der Waals surface area contributed by atoms with Crippen LogP contribution in [-0.2, 0) is 0 Å². The number of aliphatic hydroxyl groups is 1. The molecule has 0 unspecified atom stereocenters. The molecule has 0 radical (unpaired) electrons. The van der Waals surface area contributed by atoms with E-state index in [2.05, 4.69) is 10.2 Å². The first-order valence-electron chi connectivity index (χ1n) is 3.56. The fraction of sp³-hybridized carbons (Fsp3) is 0.429. The quantitative estimate of drug-likeness (QED) is 0.598. The number of aromatic nitrogens is 2. The molecule has 5 heteroatoms. The van der Waals surface area contributed by atoms with Crippen molar-refractivity contribution in [3.63, 3.8) is 0 Å². The van der Waals surface area contributed by atoms with E-state index in [1.165, 1.54) is 0 Å². The summed E-state index contributed by atoms with van der Waals surface area (Å²) in [7, 11) is 0. The molecular formula is C7H9ClN2OS. The normalized spacial score (nSPS) is 10.2. The van der Waals surface area contributed by atoms with Gasteiger partial charge in [0.25, 0.3) is 0 Å². The molecule has 3 nitrogen and oxygen atoms in total. The zero-order valence-electron chi connectivity index (χ0n) is 6.40. The lowest BCUT2D eigenvalue weighted by Crippen LogP contribution is -1.88. The Balaban J connectivity index is 2.37. The Bertz CT molecular complexity index is 229. The van der Waals surface area contributed by atoms with Gasteiger partial charge in [-0.15, -0.1) is 22.0 Å². The molecule has 0 aromatic carbocycles. The number of aliphatic hydroxyl groups excluding tert-OH is 1. The standard InChI is InChI=1S/C7H9ClN2OS/c8-6-2-3-7(10-9-6)12-5-1-4-11/h2-3,11H,1,4-5H2. The Kier molecular flexibility index (Phi) is 4.35. The Morgan fingerprint density at radius 1 is 1.42 bits per heavy atom. The summed E-state index contributed by atoms with van der Waals surface area (Å²) in [5, 5.41) is 17.3. The van der Waals surface area contributed by atoms with E-state index in [1.54, 1.807) is 17.8 Å². The summed E-state index contributed by atoms with van der Waals surface area (Å²) in [5.74, 6) is 0.854.